The molecule has 1 heterocycles. The SMILES string of the molecule is Cc1cc(C)cc(O[C@H](C)C(=O)NCCOc2ccc(S(=O)(=O)N3CCCC3)cc2)c1. The fourth-order valence-corrected chi connectivity index (χ4v) is 5.05. The Kier molecular flexibility index (Phi) is 7.56. The second-order valence-electron chi connectivity index (χ2n) is 7.81. The van der Waals surface area contributed by atoms with Gasteiger partial charge in [0.1, 0.15) is 18.1 Å². The minimum atomic E-state index is -3.43. The van der Waals surface area contributed by atoms with Crippen LogP contribution in [0.5, 0.6) is 11.5 Å². The van der Waals surface area contributed by atoms with Gasteiger partial charge in [-0.05, 0) is 81.1 Å². The van der Waals surface area contributed by atoms with Crippen LogP contribution in [-0.2, 0) is 14.8 Å². The number of nitrogens with one attached hydrogen (secondary N) is 1. The van der Waals surface area contributed by atoms with E-state index in [0.29, 0.717) is 31.1 Å². The summed E-state index contributed by atoms with van der Waals surface area (Å²) >= 11 is 0. The van der Waals surface area contributed by atoms with E-state index in [4.69, 9.17) is 9.47 Å². The molecule has 0 bridgehead atoms. The molecule has 0 aromatic heterocycles. The van der Waals surface area contributed by atoms with Gasteiger partial charge in [0.25, 0.3) is 5.91 Å². The summed E-state index contributed by atoms with van der Waals surface area (Å²) in [7, 11) is -3.43. The molecular weight excluding hydrogens is 416 g/mol. The Morgan fingerprint density at radius 2 is 1.65 bits per heavy atom. The molecule has 168 valence electrons. The lowest BCUT2D eigenvalue weighted by Crippen LogP contribution is -2.38. The summed E-state index contributed by atoms with van der Waals surface area (Å²) in [6.07, 6.45) is 1.18. The lowest BCUT2D eigenvalue weighted by atomic mass is 10.1. The predicted molar refractivity (Wildman–Crippen MR) is 119 cm³/mol. The van der Waals surface area contributed by atoms with Gasteiger partial charge >= 0.3 is 0 Å². The standard InChI is InChI=1S/C23H30N2O5S/c1-17-14-18(2)16-21(15-17)30-19(3)23(26)24-10-13-29-20-6-8-22(9-7-20)31(27,28)25-11-4-5-12-25/h6-9,14-16,19H,4-5,10-13H2,1-3H3,(H,24,26)/t19-/m1/s1. The lowest BCUT2D eigenvalue weighted by molar-refractivity contribution is -0.127. The van der Waals surface area contributed by atoms with Crippen LogP contribution in [0.15, 0.2) is 47.4 Å². The Bertz CT molecular complexity index is 979. The first-order valence-electron chi connectivity index (χ1n) is 10.5. The fraction of sp³-hybridized carbons (Fsp3) is 0.435. The van der Waals surface area contributed by atoms with Crippen LogP contribution in [0.4, 0.5) is 0 Å². The second-order valence-corrected chi connectivity index (χ2v) is 9.74. The smallest absolute Gasteiger partial charge is 0.260 e. The molecule has 2 aromatic carbocycles. The van der Waals surface area contributed by atoms with Gasteiger partial charge in [-0.15, -0.1) is 0 Å². The molecule has 2 aromatic rings. The van der Waals surface area contributed by atoms with Crippen molar-refractivity contribution in [2.45, 2.75) is 44.6 Å². The third kappa shape index (κ3) is 6.21. The van der Waals surface area contributed by atoms with Crippen molar-refractivity contribution in [3.8, 4) is 11.5 Å². The Hall–Kier alpha value is -2.58. The molecule has 31 heavy (non-hydrogen) atoms. The van der Waals surface area contributed by atoms with Crippen molar-refractivity contribution in [2.75, 3.05) is 26.2 Å². The molecular formula is C23H30N2O5S. The maximum atomic E-state index is 12.5. The van der Waals surface area contributed by atoms with Crippen molar-refractivity contribution in [3.05, 3.63) is 53.6 Å². The summed E-state index contributed by atoms with van der Waals surface area (Å²) in [6.45, 7) is 7.39. The van der Waals surface area contributed by atoms with Gasteiger partial charge in [0.05, 0.1) is 11.4 Å². The van der Waals surface area contributed by atoms with Crippen molar-refractivity contribution >= 4 is 15.9 Å². The number of benzene rings is 2. The summed E-state index contributed by atoms with van der Waals surface area (Å²) in [5.74, 6) is 0.990. The number of hydrogen-bond donors (Lipinski definition) is 1. The number of carbonyl (C=O) groups is 1. The number of hydrogen-bond acceptors (Lipinski definition) is 5. The average molecular weight is 447 g/mol. The number of ether oxygens (including phenoxy) is 2. The summed E-state index contributed by atoms with van der Waals surface area (Å²) in [5, 5.41) is 2.78. The molecule has 1 fully saturated rings. The van der Waals surface area contributed by atoms with Gasteiger partial charge in [0.15, 0.2) is 6.10 Å². The van der Waals surface area contributed by atoms with Gasteiger partial charge in [-0.1, -0.05) is 6.07 Å². The third-order valence-electron chi connectivity index (χ3n) is 5.07. The van der Waals surface area contributed by atoms with Crippen LogP contribution in [0.2, 0.25) is 0 Å². The van der Waals surface area contributed by atoms with Crippen molar-refractivity contribution in [1.29, 1.82) is 0 Å². The van der Waals surface area contributed by atoms with Crippen molar-refractivity contribution in [2.24, 2.45) is 0 Å². The number of amides is 1. The molecule has 0 radical (unpaired) electrons. The highest BCUT2D eigenvalue weighted by Crippen LogP contribution is 2.23. The first-order chi connectivity index (χ1) is 14.8. The Balaban J connectivity index is 1.43. The zero-order chi connectivity index (χ0) is 22.4. The maximum Gasteiger partial charge on any atom is 0.260 e. The molecule has 8 heteroatoms. The zero-order valence-corrected chi connectivity index (χ0v) is 19.1. The molecule has 1 aliphatic rings. The van der Waals surface area contributed by atoms with Crippen molar-refractivity contribution in [1.82, 2.24) is 9.62 Å². The zero-order valence-electron chi connectivity index (χ0n) is 18.3. The summed E-state index contributed by atoms with van der Waals surface area (Å²) < 4.78 is 37.9. The Morgan fingerprint density at radius 3 is 2.26 bits per heavy atom. The average Bonchev–Trinajstić information content (AvgIpc) is 3.26. The molecule has 0 spiro atoms. The molecule has 3 rings (SSSR count). The van der Waals surface area contributed by atoms with Gasteiger partial charge in [-0.25, -0.2) is 8.42 Å². The third-order valence-corrected chi connectivity index (χ3v) is 6.99. The first-order valence-corrected chi connectivity index (χ1v) is 12.0. The molecule has 0 saturated carbocycles. The van der Waals surface area contributed by atoms with Gasteiger partial charge in [-0.2, -0.15) is 4.31 Å². The van der Waals surface area contributed by atoms with E-state index in [1.807, 2.05) is 32.0 Å². The van der Waals surface area contributed by atoms with Crippen LogP contribution in [0.1, 0.15) is 30.9 Å². The van der Waals surface area contributed by atoms with Crippen LogP contribution in [0.3, 0.4) is 0 Å². The minimum absolute atomic E-state index is 0.227. The van der Waals surface area contributed by atoms with E-state index in [1.54, 1.807) is 31.2 Å². The first kappa shape index (κ1) is 23.1. The van der Waals surface area contributed by atoms with E-state index in [0.717, 1.165) is 24.0 Å². The minimum Gasteiger partial charge on any atom is -0.492 e. The molecule has 7 nitrogen and oxygen atoms in total. The lowest BCUT2D eigenvalue weighted by Gasteiger charge is -2.16. The van der Waals surface area contributed by atoms with Gasteiger partial charge in [0.2, 0.25) is 10.0 Å². The molecule has 1 N–H and O–H groups in total. The van der Waals surface area contributed by atoms with Crippen LogP contribution >= 0.6 is 0 Å². The van der Waals surface area contributed by atoms with E-state index >= 15 is 0 Å². The predicted octanol–water partition coefficient (Wildman–Crippen LogP) is 3.05. The number of aryl methyl sites for hydroxylation is 2. The Morgan fingerprint density at radius 1 is 1.03 bits per heavy atom. The summed E-state index contributed by atoms with van der Waals surface area (Å²) in [4.78, 5) is 12.5. The summed E-state index contributed by atoms with van der Waals surface area (Å²) in [6, 6.07) is 12.2. The topological polar surface area (TPSA) is 84.9 Å². The fourth-order valence-electron chi connectivity index (χ4n) is 3.53. The van der Waals surface area contributed by atoms with Crippen molar-refractivity contribution < 1.29 is 22.7 Å². The molecule has 0 unspecified atom stereocenters. The molecule has 0 aliphatic carbocycles. The van der Waals surface area contributed by atoms with E-state index in [2.05, 4.69) is 5.32 Å². The van der Waals surface area contributed by atoms with Crippen LogP contribution in [0, 0.1) is 13.8 Å². The van der Waals surface area contributed by atoms with Crippen molar-refractivity contribution in [3.63, 3.8) is 0 Å². The largest absolute Gasteiger partial charge is 0.492 e. The van der Waals surface area contributed by atoms with E-state index in [9.17, 15) is 13.2 Å². The molecule has 1 atom stereocenters. The quantitative estimate of drug-likeness (QED) is 0.599. The van der Waals surface area contributed by atoms with Crippen LogP contribution < -0.4 is 14.8 Å². The van der Waals surface area contributed by atoms with E-state index in [-0.39, 0.29) is 17.4 Å². The van der Waals surface area contributed by atoms with Gasteiger partial charge < -0.3 is 14.8 Å². The maximum absolute atomic E-state index is 12.5. The number of rotatable bonds is 9. The van der Waals surface area contributed by atoms with E-state index < -0.39 is 16.1 Å². The summed E-state index contributed by atoms with van der Waals surface area (Å²) in [5.41, 5.74) is 2.16. The molecule has 1 aliphatic heterocycles. The number of nitrogens with zero attached hydrogens (tertiary/aromatic N) is 1. The highest BCUT2D eigenvalue weighted by molar-refractivity contribution is 7.89. The molecule has 1 amide bonds. The van der Waals surface area contributed by atoms with Crippen LogP contribution in [-0.4, -0.2) is 51.0 Å². The highest BCUT2D eigenvalue weighted by Gasteiger charge is 2.26. The molecule has 1 saturated heterocycles. The number of carbonyl (C=O) groups excluding carboxylic acids is 1. The highest BCUT2D eigenvalue weighted by atomic mass is 32.2. The van der Waals surface area contributed by atoms with Gasteiger partial charge in [0, 0.05) is 13.1 Å². The number of sulfonamides is 1. The monoisotopic (exact) mass is 446 g/mol. The Labute approximate surface area is 184 Å². The van der Waals surface area contributed by atoms with Crippen LogP contribution in [0.25, 0.3) is 0 Å². The van der Waals surface area contributed by atoms with Gasteiger partial charge in [-0.3, -0.25) is 4.79 Å². The van der Waals surface area contributed by atoms with E-state index in [1.165, 1.54) is 4.31 Å². The second kappa shape index (κ2) is 10.2. The normalized spacial score (nSPS) is 15.5.